The monoisotopic (exact) mass is 390 g/mol. The molecule has 138 valence electrons. The fourth-order valence-electron chi connectivity index (χ4n) is 2.96. The number of carbonyl (C=O) groups is 1. The second-order valence-electron chi connectivity index (χ2n) is 5.84. The van der Waals surface area contributed by atoms with Gasteiger partial charge in [-0.15, -0.1) is 0 Å². The zero-order valence-corrected chi connectivity index (χ0v) is 13.8. The summed E-state index contributed by atoms with van der Waals surface area (Å²) in [6.45, 7) is -1.25. The van der Waals surface area contributed by atoms with Crippen molar-refractivity contribution in [1.82, 2.24) is 4.90 Å². The summed E-state index contributed by atoms with van der Waals surface area (Å²) in [5.74, 6) is -3.12. The highest BCUT2D eigenvalue weighted by Gasteiger charge is 2.47. The zero-order valence-electron chi connectivity index (χ0n) is 13.1. The van der Waals surface area contributed by atoms with Gasteiger partial charge >= 0.3 is 6.18 Å². The summed E-state index contributed by atoms with van der Waals surface area (Å²) >= 11 is 5.83. The molecule has 2 aromatic rings. The molecule has 1 aliphatic heterocycles. The van der Waals surface area contributed by atoms with Gasteiger partial charge in [-0.05, 0) is 24.3 Å². The number of anilines is 1. The van der Waals surface area contributed by atoms with Gasteiger partial charge in [0.05, 0.1) is 6.54 Å². The Labute approximate surface area is 150 Å². The molecule has 2 aromatic carbocycles. The highest BCUT2D eigenvalue weighted by Crippen LogP contribution is 2.43. The van der Waals surface area contributed by atoms with Crippen LogP contribution >= 0.6 is 11.6 Å². The van der Waals surface area contributed by atoms with E-state index in [1.54, 1.807) is 0 Å². The lowest BCUT2D eigenvalue weighted by Gasteiger charge is -2.31. The minimum Gasteiger partial charge on any atom is -0.325 e. The first kappa shape index (κ1) is 18.6. The van der Waals surface area contributed by atoms with Gasteiger partial charge in [0.25, 0.3) is 0 Å². The number of hydrogen-bond acceptors (Lipinski definition) is 2. The van der Waals surface area contributed by atoms with Crippen molar-refractivity contribution in [2.75, 3.05) is 11.9 Å². The number of nitrogens with zero attached hydrogens (tertiary/aromatic N) is 1. The summed E-state index contributed by atoms with van der Waals surface area (Å²) in [4.78, 5) is 12.8. The molecule has 26 heavy (non-hydrogen) atoms. The standard InChI is InChI=1S/C17H12ClF5N2O/c18-10-4-5-13-11(6-10)16(17(21,22)23)25(8-14(26)24-13)7-9-2-1-3-12(19)15(9)20/h1-6,16H,7-8H2,(H,24,26). The molecule has 1 N–H and O–H groups in total. The van der Waals surface area contributed by atoms with E-state index in [4.69, 9.17) is 11.6 Å². The lowest BCUT2D eigenvalue weighted by molar-refractivity contribution is -0.187. The Morgan fingerprint density at radius 1 is 1.19 bits per heavy atom. The first-order chi connectivity index (χ1) is 12.2. The zero-order chi connectivity index (χ0) is 19.1. The average Bonchev–Trinajstić information content (AvgIpc) is 2.66. The first-order valence-corrected chi connectivity index (χ1v) is 7.87. The number of benzene rings is 2. The Hall–Kier alpha value is -2.19. The number of hydrogen-bond donors (Lipinski definition) is 1. The van der Waals surface area contributed by atoms with Crippen molar-refractivity contribution in [3.8, 4) is 0 Å². The van der Waals surface area contributed by atoms with Gasteiger partial charge in [-0.1, -0.05) is 23.7 Å². The quantitative estimate of drug-likeness (QED) is 0.755. The van der Waals surface area contributed by atoms with Gasteiger partial charge < -0.3 is 5.32 Å². The van der Waals surface area contributed by atoms with Crippen LogP contribution in [0.15, 0.2) is 36.4 Å². The van der Waals surface area contributed by atoms with E-state index in [1.807, 2.05) is 0 Å². The Morgan fingerprint density at radius 2 is 1.92 bits per heavy atom. The molecule has 0 fully saturated rings. The van der Waals surface area contributed by atoms with Crippen LogP contribution in [-0.4, -0.2) is 23.5 Å². The number of nitrogens with one attached hydrogen (secondary N) is 1. The topological polar surface area (TPSA) is 32.3 Å². The second kappa shape index (κ2) is 6.85. The fraction of sp³-hybridized carbons (Fsp3) is 0.235. The molecule has 3 rings (SSSR count). The summed E-state index contributed by atoms with van der Waals surface area (Å²) in [5.41, 5.74) is -0.561. The van der Waals surface area contributed by atoms with Gasteiger partial charge in [0.1, 0.15) is 6.04 Å². The van der Waals surface area contributed by atoms with Gasteiger partial charge in [0, 0.05) is 28.4 Å². The summed E-state index contributed by atoms with van der Waals surface area (Å²) < 4.78 is 68.7. The molecule has 1 unspecified atom stereocenters. The highest BCUT2D eigenvalue weighted by molar-refractivity contribution is 6.30. The largest absolute Gasteiger partial charge is 0.408 e. The molecule has 1 heterocycles. The van der Waals surface area contributed by atoms with Gasteiger partial charge in [0.15, 0.2) is 11.6 Å². The molecule has 0 aromatic heterocycles. The van der Waals surface area contributed by atoms with Gasteiger partial charge in [-0.25, -0.2) is 8.78 Å². The number of fused-ring (bicyclic) bond motifs is 1. The molecule has 0 saturated carbocycles. The molecule has 0 spiro atoms. The molecule has 1 atom stereocenters. The summed E-state index contributed by atoms with van der Waals surface area (Å²) in [6.07, 6.45) is -4.77. The van der Waals surface area contributed by atoms with Crippen molar-refractivity contribution in [2.24, 2.45) is 0 Å². The van der Waals surface area contributed by atoms with Crippen LogP contribution in [0.5, 0.6) is 0 Å². The van der Waals surface area contributed by atoms with Crippen LogP contribution in [0.2, 0.25) is 5.02 Å². The predicted molar refractivity (Wildman–Crippen MR) is 85.6 cm³/mol. The highest BCUT2D eigenvalue weighted by atomic mass is 35.5. The SMILES string of the molecule is O=C1CN(Cc2cccc(F)c2F)C(C(F)(F)F)c2cc(Cl)ccc2N1. The van der Waals surface area contributed by atoms with Crippen LogP contribution in [-0.2, 0) is 11.3 Å². The van der Waals surface area contributed by atoms with Crippen LogP contribution in [0.25, 0.3) is 0 Å². The maximum Gasteiger partial charge on any atom is 0.408 e. The molecule has 1 aliphatic rings. The van der Waals surface area contributed by atoms with E-state index in [2.05, 4.69) is 5.32 Å². The molecule has 0 bridgehead atoms. The van der Waals surface area contributed by atoms with E-state index >= 15 is 0 Å². The van der Waals surface area contributed by atoms with Crippen molar-refractivity contribution in [1.29, 1.82) is 0 Å². The van der Waals surface area contributed by atoms with Crippen LogP contribution in [0, 0.1) is 11.6 Å². The van der Waals surface area contributed by atoms with E-state index < -0.39 is 42.8 Å². The molecule has 9 heteroatoms. The second-order valence-corrected chi connectivity index (χ2v) is 6.28. The Morgan fingerprint density at radius 3 is 2.62 bits per heavy atom. The van der Waals surface area contributed by atoms with E-state index in [-0.39, 0.29) is 21.8 Å². The number of halogens is 6. The van der Waals surface area contributed by atoms with Gasteiger partial charge in [0.2, 0.25) is 5.91 Å². The van der Waals surface area contributed by atoms with Crippen molar-refractivity contribution in [2.45, 2.75) is 18.8 Å². The summed E-state index contributed by atoms with van der Waals surface area (Å²) in [5, 5.41) is 2.45. The smallest absolute Gasteiger partial charge is 0.325 e. The minimum absolute atomic E-state index is 0.0241. The maximum absolute atomic E-state index is 13.9. The van der Waals surface area contributed by atoms with Crippen LogP contribution in [0.1, 0.15) is 17.2 Å². The predicted octanol–water partition coefficient (Wildman–Crippen LogP) is 4.68. The Kier molecular flexibility index (Phi) is 4.90. The summed E-state index contributed by atoms with van der Waals surface area (Å²) in [6, 6.07) is 4.76. The minimum atomic E-state index is -4.77. The lowest BCUT2D eigenvalue weighted by atomic mass is 10.0. The van der Waals surface area contributed by atoms with Crippen molar-refractivity contribution < 1.29 is 26.7 Å². The van der Waals surface area contributed by atoms with E-state index in [1.165, 1.54) is 24.3 Å². The normalized spacial score (nSPS) is 18.2. The lowest BCUT2D eigenvalue weighted by Crippen LogP contribution is -2.40. The van der Waals surface area contributed by atoms with E-state index in [0.29, 0.717) is 0 Å². The van der Waals surface area contributed by atoms with Gasteiger partial charge in [-0.3, -0.25) is 9.69 Å². The molecular weight excluding hydrogens is 379 g/mol. The molecule has 3 nitrogen and oxygen atoms in total. The Balaban J connectivity index is 2.09. The molecule has 0 aliphatic carbocycles. The van der Waals surface area contributed by atoms with Crippen molar-refractivity contribution in [3.05, 3.63) is 64.2 Å². The first-order valence-electron chi connectivity index (χ1n) is 7.50. The van der Waals surface area contributed by atoms with Crippen molar-refractivity contribution in [3.63, 3.8) is 0 Å². The number of amides is 1. The van der Waals surface area contributed by atoms with Crippen LogP contribution < -0.4 is 5.32 Å². The molecule has 0 saturated heterocycles. The fourth-order valence-corrected chi connectivity index (χ4v) is 3.14. The third kappa shape index (κ3) is 3.66. The van der Waals surface area contributed by atoms with E-state index in [9.17, 15) is 26.7 Å². The maximum atomic E-state index is 13.9. The number of carbonyl (C=O) groups excluding carboxylic acids is 1. The molecule has 0 radical (unpaired) electrons. The molecular formula is C17H12ClF5N2O. The van der Waals surface area contributed by atoms with E-state index in [0.717, 1.165) is 17.0 Å². The van der Waals surface area contributed by atoms with Gasteiger partial charge in [-0.2, -0.15) is 13.2 Å². The molecule has 1 amide bonds. The summed E-state index contributed by atoms with van der Waals surface area (Å²) in [7, 11) is 0. The van der Waals surface area contributed by atoms with Crippen LogP contribution in [0.3, 0.4) is 0 Å². The van der Waals surface area contributed by atoms with Crippen molar-refractivity contribution >= 4 is 23.2 Å². The van der Waals surface area contributed by atoms with Crippen LogP contribution in [0.4, 0.5) is 27.6 Å². The third-order valence-electron chi connectivity index (χ3n) is 4.01. The average molecular weight is 391 g/mol. The number of rotatable bonds is 2. The number of alkyl halides is 3. The third-order valence-corrected chi connectivity index (χ3v) is 4.24. The Bertz CT molecular complexity index is 856.